The van der Waals surface area contributed by atoms with Crippen molar-refractivity contribution in [1.29, 1.82) is 0 Å². The molecule has 2 aromatic rings. The third-order valence-electron chi connectivity index (χ3n) is 2.91. The smallest absolute Gasteiger partial charge is 0.396 e. The minimum atomic E-state index is -4.49. The molecule has 2 heterocycles. The van der Waals surface area contributed by atoms with E-state index in [-0.39, 0.29) is 11.4 Å². The molecule has 0 aliphatic carbocycles. The lowest BCUT2D eigenvalue weighted by Crippen LogP contribution is -2.21. The van der Waals surface area contributed by atoms with Gasteiger partial charge in [-0.05, 0) is 6.07 Å². The van der Waals surface area contributed by atoms with Gasteiger partial charge in [0.2, 0.25) is 0 Å². The van der Waals surface area contributed by atoms with Crippen LogP contribution in [-0.2, 0) is 19.8 Å². The van der Waals surface area contributed by atoms with Crippen molar-refractivity contribution >= 4 is 11.4 Å². The zero-order valence-corrected chi connectivity index (χ0v) is 11.0. The maximum absolute atomic E-state index is 12.7. The number of hydrogen-bond donors (Lipinski definition) is 1. The first kappa shape index (κ1) is 14.2. The first-order valence-corrected chi connectivity index (χ1v) is 5.79. The van der Waals surface area contributed by atoms with Crippen molar-refractivity contribution in [1.82, 2.24) is 14.5 Å². The molecule has 0 unspecified atom stereocenters. The first-order valence-electron chi connectivity index (χ1n) is 5.79. The molecule has 0 aliphatic rings. The number of anilines is 2. The Morgan fingerprint density at radius 2 is 2.05 bits per heavy atom. The average Bonchev–Trinajstić information content (AvgIpc) is 2.74. The molecular weight excluding hydrogens is 271 g/mol. The maximum atomic E-state index is 12.7. The minimum Gasteiger partial charge on any atom is -0.396 e. The highest BCUT2D eigenvalue weighted by Crippen LogP contribution is 2.32. The number of aromatic nitrogens is 3. The fraction of sp³-hybridized carbons (Fsp3) is 0.333. The number of aryl methyl sites for hydroxylation is 1. The number of rotatable bonds is 3. The monoisotopic (exact) mass is 285 g/mol. The Labute approximate surface area is 113 Å². The fourth-order valence-electron chi connectivity index (χ4n) is 1.79. The normalized spacial score (nSPS) is 11.7. The first-order chi connectivity index (χ1) is 9.29. The van der Waals surface area contributed by atoms with E-state index in [1.165, 1.54) is 0 Å². The maximum Gasteiger partial charge on any atom is 0.433 e. The topological polar surface area (TPSA) is 60.0 Å². The van der Waals surface area contributed by atoms with Crippen molar-refractivity contribution in [2.24, 2.45) is 7.05 Å². The van der Waals surface area contributed by atoms with Crippen LogP contribution >= 0.6 is 0 Å². The molecule has 5 nitrogen and oxygen atoms in total. The van der Waals surface area contributed by atoms with Crippen LogP contribution in [0, 0.1) is 0 Å². The van der Waals surface area contributed by atoms with Crippen molar-refractivity contribution in [2.45, 2.75) is 12.7 Å². The van der Waals surface area contributed by atoms with Crippen molar-refractivity contribution in [3.63, 3.8) is 0 Å². The third kappa shape index (κ3) is 2.84. The van der Waals surface area contributed by atoms with E-state index in [4.69, 9.17) is 5.73 Å². The lowest BCUT2D eigenvalue weighted by Gasteiger charge is -2.21. The predicted molar refractivity (Wildman–Crippen MR) is 69.0 cm³/mol. The number of hydrogen-bond acceptors (Lipinski definition) is 4. The van der Waals surface area contributed by atoms with Gasteiger partial charge in [0.25, 0.3) is 0 Å². The van der Waals surface area contributed by atoms with Crippen LogP contribution in [0.25, 0.3) is 0 Å². The molecule has 2 rings (SSSR count). The van der Waals surface area contributed by atoms with Gasteiger partial charge >= 0.3 is 6.18 Å². The Bertz CT molecular complexity index is 605. The molecule has 0 fully saturated rings. The summed E-state index contributed by atoms with van der Waals surface area (Å²) in [6, 6.07) is 0.943. The Morgan fingerprint density at radius 1 is 1.35 bits per heavy atom. The Kier molecular flexibility index (Phi) is 3.56. The molecule has 20 heavy (non-hydrogen) atoms. The standard InChI is InChI=1S/C12H14F3N5/c1-19-4-3-17-11(19)7-20(2)9-5-10(12(13,14)15)18-6-8(9)16/h3-6H,7,16H2,1-2H3. The van der Waals surface area contributed by atoms with Gasteiger partial charge in [-0.3, -0.25) is 0 Å². The molecule has 0 saturated carbocycles. The van der Waals surface area contributed by atoms with Crippen molar-refractivity contribution in [2.75, 3.05) is 17.7 Å². The second kappa shape index (κ2) is 5.03. The third-order valence-corrected chi connectivity index (χ3v) is 2.91. The van der Waals surface area contributed by atoms with E-state index in [0.717, 1.165) is 18.1 Å². The molecule has 0 amide bonds. The van der Waals surface area contributed by atoms with Gasteiger partial charge in [0.15, 0.2) is 0 Å². The van der Waals surface area contributed by atoms with Crippen molar-refractivity contribution in [3.05, 3.63) is 36.2 Å². The highest BCUT2D eigenvalue weighted by Gasteiger charge is 2.33. The van der Waals surface area contributed by atoms with E-state index in [1.54, 1.807) is 28.9 Å². The van der Waals surface area contributed by atoms with Crippen LogP contribution in [0.1, 0.15) is 11.5 Å². The predicted octanol–water partition coefficient (Wildman–Crippen LogP) is 2.05. The average molecular weight is 285 g/mol. The Morgan fingerprint density at radius 3 is 2.60 bits per heavy atom. The Hall–Kier alpha value is -2.25. The van der Waals surface area contributed by atoms with Crippen LogP contribution in [0.4, 0.5) is 24.5 Å². The molecule has 0 atom stereocenters. The van der Waals surface area contributed by atoms with Gasteiger partial charge in [-0.25, -0.2) is 9.97 Å². The number of pyridine rings is 1. The molecule has 8 heteroatoms. The van der Waals surface area contributed by atoms with Gasteiger partial charge < -0.3 is 15.2 Å². The van der Waals surface area contributed by atoms with Gasteiger partial charge in [0, 0.05) is 26.5 Å². The van der Waals surface area contributed by atoms with E-state index < -0.39 is 11.9 Å². The number of alkyl halides is 3. The number of nitrogens with zero attached hydrogens (tertiary/aromatic N) is 4. The second-order valence-corrected chi connectivity index (χ2v) is 4.44. The minimum absolute atomic E-state index is 0.190. The number of nitrogens with two attached hydrogens (primary N) is 1. The van der Waals surface area contributed by atoms with Gasteiger partial charge in [-0.15, -0.1) is 0 Å². The van der Waals surface area contributed by atoms with Gasteiger partial charge in [-0.2, -0.15) is 13.2 Å². The highest BCUT2D eigenvalue weighted by molar-refractivity contribution is 5.66. The van der Waals surface area contributed by atoms with E-state index in [0.29, 0.717) is 6.54 Å². The lowest BCUT2D eigenvalue weighted by molar-refractivity contribution is -0.141. The van der Waals surface area contributed by atoms with Gasteiger partial charge in [0.05, 0.1) is 24.1 Å². The molecule has 108 valence electrons. The number of imidazole rings is 1. The zero-order valence-electron chi connectivity index (χ0n) is 11.0. The lowest BCUT2D eigenvalue weighted by atomic mass is 10.2. The number of nitrogen functional groups attached to an aromatic ring is 1. The number of halogens is 3. The summed E-state index contributed by atoms with van der Waals surface area (Å²) in [5.74, 6) is 0.720. The molecule has 2 aromatic heterocycles. The fourth-order valence-corrected chi connectivity index (χ4v) is 1.79. The molecule has 0 bridgehead atoms. The Balaban J connectivity index is 2.29. The summed E-state index contributed by atoms with van der Waals surface area (Å²) in [6.07, 6.45) is -0.0833. The van der Waals surface area contributed by atoms with Crippen LogP contribution in [0.5, 0.6) is 0 Å². The van der Waals surface area contributed by atoms with Crippen LogP contribution in [0.15, 0.2) is 24.7 Å². The molecule has 2 N–H and O–H groups in total. The van der Waals surface area contributed by atoms with Crippen LogP contribution < -0.4 is 10.6 Å². The van der Waals surface area contributed by atoms with E-state index in [9.17, 15) is 13.2 Å². The summed E-state index contributed by atoms with van der Waals surface area (Å²) in [5.41, 5.74) is 5.20. The largest absolute Gasteiger partial charge is 0.433 e. The summed E-state index contributed by atoms with van der Waals surface area (Å²) in [7, 11) is 3.47. The van der Waals surface area contributed by atoms with Crippen LogP contribution in [-0.4, -0.2) is 21.6 Å². The van der Waals surface area contributed by atoms with Crippen LogP contribution in [0.2, 0.25) is 0 Å². The quantitative estimate of drug-likeness (QED) is 0.937. The molecule has 0 spiro atoms. The molecular formula is C12H14F3N5. The van der Waals surface area contributed by atoms with Crippen molar-refractivity contribution in [3.8, 4) is 0 Å². The summed E-state index contributed by atoms with van der Waals surface area (Å²) >= 11 is 0. The summed E-state index contributed by atoms with van der Waals surface area (Å²) < 4.78 is 39.8. The van der Waals surface area contributed by atoms with E-state index in [2.05, 4.69) is 9.97 Å². The molecule has 0 radical (unpaired) electrons. The SMILES string of the molecule is CN(Cc1nccn1C)c1cc(C(F)(F)F)ncc1N. The van der Waals surface area contributed by atoms with E-state index in [1.807, 2.05) is 7.05 Å². The summed E-state index contributed by atoms with van der Waals surface area (Å²) in [4.78, 5) is 9.04. The summed E-state index contributed by atoms with van der Waals surface area (Å²) in [6.45, 7) is 0.342. The molecule has 0 aromatic carbocycles. The zero-order chi connectivity index (χ0) is 14.9. The van der Waals surface area contributed by atoms with Gasteiger partial charge in [-0.1, -0.05) is 0 Å². The highest BCUT2D eigenvalue weighted by atomic mass is 19.4. The molecule has 0 aliphatic heterocycles. The van der Waals surface area contributed by atoms with E-state index >= 15 is 0 Å². The summed E-state index contributed by atoms with van der Waals surface area (Å²) in [5, 5.41) is 0. The van der Waals surface area contributed by atoms with Crippen molar-refractivity contribution < 1.29 is 13.2 Å². The van der Waals surface area contributed by atoms with Gasteiger partial charge in [0.1, 0.15) is 11.5 Å². The second-order valence-electron chi connectivity index (χ2n) is 4.44. The molecule has 0 saturated heterocycles. The van der Waals surface area contributed by atoms with Crippen LogP contribution in [0.3, 0.4) is 0 Å².